The lowest BCUT2D eigenvalue weighted by Gasteiger charge is -2.14. The first kappa shape index (κ1) is 21.7. The zero-order chi connectivity index (χ0) is 19.2. The molecule has 2 N–H and O–H groups in total. The van der Waals surface area contributed by atoms with Gasteiger partial charge in [-0.25, -0.2) is 0 Å². The van der Waals surface area contributed by atoms with Crippen molar-refractivity contribution >= 4 is 5.96 Å². The van der Waals surface area contributed by atoms with Gasteiger partial charge in [-0.3, -0.25) is 4.99 Å². The number of nitrogens with one attached hydrogen (secondary N) is 2. The summed E-state index contributed by atoms with van der Waals surface area (Å²) >= 11 is 0. The lowest BCUT2D eigenvalue weighted by molar-refractivity contribution is 0.0191. The van der Waals surface area contributed by atoms with E-state index in [1.807, 2.05) is 18.2 Å². The highest BCUT2D eigenvalue weighted by Gasteiger charge is 2.14. The van der Waals surface area contributed by atoms with Crippen LogP contribution in [0.25, 0.3) is 0 Å². The van der Waals surface area contributed by atoms with Crippen LogP contribution in [0.15, 0.2) is 35.3 Å². The third-order valence-corrected chi connectivity index (χ3v) is 4.29. The molecule has 6 heteroatoms. The summed E-state index contributed by atoms with van der Waals surface area (Å²) in [5.41, 5.74) is 1.20. The molecule has 1 heterocycles. The maximum absolute atomic E-state index is 5.79. The van der Waals surface area contributed by atoms with Crippen LogP contribution in [0.3, 0.4) is 0 Å². The molecule has 2 rings (SSSR count). The molecule has 2 unspecified atom stereocenters. The zero-order valence-electron chi connectivity index (χ0n) is 16.8. The molecule has 1 aromatic rings. The van der Waals surface area contributed by atoms with Crippen molar-refractivity contribution in [1.29, 1.82) is 0 Å². The minimum absolute atomic E-state index is 0.281. The largest absolute Gasteiger partial charge is 0.377 e. The molecule has 2 atom stereocenters. The fourth-order valence-corrected chi connectivity index (χ4v) is 2.83. The van der Waals surface area contributed by atoms with Gasteiger partial charge in [0, 0.05) is 26.2 Å². The molecular formula is C21H35N3O3. The summed E-state index contributed by atoms with van der Waals surface area (Å²) in [7, 11) is 0. The van der Waals surface area contributed by atoms with Crippen LogP contribution in [0.1, 0.15) is 32.3 Å². The molecule has 27 heavy (non-hydrogen) atoms. The molecule has 0 amide bonds. The van der Waals surface area contributed by atoms with Crippen LogP contribution in [0.5, 0.6) is 0 Å². The Morgan fingerprint density at radius 3 is 2.85 bits per heavy atom. The van der Waals surface area contributed by atoms with Crippen molar-refractivity contribution in [3.05, 3.63) is 35.9 Å². The number of aliphatic imine (C=N–C) groups is 1. The molecule has 152 valence electrons. The van der Waals surface area contributed by atoms with Crippen LogP contribution in [0.2, 0.25) is 0 Å². The summed E-state index contributed by atoms with van der Waals surface area (Å²) in [6.07, 6.45) is 2.54. The molecule has 1 saturated heterocycles. The lowest BCUT2D eigenvalue weighted by Crippen LogP contribution is -2.39. The summed E-state index contributed by atoms with van der Waals surface area (Å²) in [6, 6.07) is 10.2. The van der Waals surface area contributed by atoms with E-state index in [1.54, 1.807) is 0 Å². The normalized spacial score (nSPS) is 18.4. The molecular weight excluding hydrogens is 342 g/mol. The van der Waals surface area contributed by atoms with Crippen LogP contribution in [-0.2, 0) is 20.8 Å². The predicted molar refractivity (Wildman–Crippen MR) is 109 cm³/mol. The van der Waals surface area contributed by atoms with Crippen LogP contribution < -0.4 is 10.6 Å². The first-order chi connectivity index (χ1) is 13.3. The minimum Gasteiger partial charge on any atom is -0.377 e. The molecule has 0 saturated carbocycles. The van der Waals surface area contributed by atoms with Crippen molar-refractivity contribution in [2.24, 2.45) is 10.9 Å². The second kappa shape index (κ2) is 13.5. The van der Waals surface area contributed by atoms with Crippen molar-refractivity contribution < 1.29 is 14.2 Å². The first-order valence-electron chi connectivity index (χ1n) is 10.1. The second-order valence-corrected chi connectivity index (χ2v) is 6.96. The van der Waals surface area contributed by atoms with E-state index >= 15 is 0 Å². The Balaban J connectivity index is 1.58. The number of ether oxygens (including phenoxy) is 3. The fourth-order valence-electron chi connectivity index (χ4n) is 2.83. The number of nitrogens with zero attached hydrogens (tertiary/aromatic N) is 1. The molecule has 0 bridgehead atoms. The van der Waals surface area contributed by atoms with Crippen molar-refractivity contribution in [3.63, 3.8) is 0 Å². The quantitative estimate of drug-likeness (QED) is 0.333. The van der Waals surface area contributed by atoms with E-state index < -0.39 is 0 Å². The predicted octanol–water partition coefficient (Wildman–Crippen LogP) is 2.59. The second-order valence-electron chi connectivity index (χ2n) is 6.96. The van der Waals surface area contributed by atoms with E-state index in [0.29, 0.717) is 32.3 Å². The summed E-state index contributed by atoms with van der Waals surface area (Å²) in [5, 5.41) is 6.59. The van der Waals surface area contributed by atoms with E-state index in [-0.39, 0.29) is 6.10 Å². The van der Waals surface area contributed by atoms with Gasteiger partial charge < -0.3 is 24.8 Å². The van der Waals surface area contributed by atoms with E-state index in [1.165, 1.54) is 5.56 Å². The summed E-state index contributed by atoms with van der Waals surface area (Å²) in [6.45, 7) is 10.1. The maximum Gasteiger partial charge on any atom is 0.191 e. The monoisotopic (exact) mass is 377 g/mol. The molecule has 0 radical (unpaired) electrons. The fraction of sp³-hybridized carbons (Fsp3) is 0.667. The van der Waals surface area contributed by atoms with E-state index in [2.05, 4.69) is 41.6 Å². The van der Waals surface area contributed by atoms with E-state index in [0.717, 1.165) is 45.0 Å². The summed E-state index contributed by atoms with van der Waals surface area (Å²) in [5.74, 6) is 1.19. The lowest BCUT2D eigenvalue weighted by atomic mass is 10.2. The molecule has 1 aliphatic rings. The Bertz CT molecular complexity index is 519. The van der Waals surface area contributed by atoms with Gasteiger partial charge in [-0.15, -0.1) is 0 Å². The Morgan fingerprint density at radius 1 is 1.26 bits per heavy atom. The number of hydrogen-bond acceptors (Lipinski definition) is 4. The van der Waals surface area contributed by atoms with Crippen molar-refractivity contribution in [3.8, 4) is 0 Å². The van der Waals surface area contributed by atoms with Gasteiger partial charge in [-0.05, 0) is 31.2 Å². The van der Waals surface area contributed by atoms with Crippen molar-refractivity contribution in [2.45, 2.75) is 39.4 Å². The molecule has 0 aliphatic carbocycles. The van der Waals surface area contributed by atoms with E-state index in [4.69, 9.17) is 14.2 Å². The van der Waals surface area contributed by atoms with Crippen LogP contribution >= 0.6 is 0 Å². The third-order valence-electron chi connectivity index (χ3n) is 4.29. The highest BCUT2D eigenvalue weighted by Crippen LogP contribution is 2.11. The molecule has 0 spiro atoms. The molecule has 6 nitrogen and oxygen atoms in total. The number of benzene rings is 1. The van der Waals surface area contributed by atoms with Gasteiger partial charge in [0.15, 0.2) is 5.96 Å². The van der Waals surface area contributed by atoms with Crippen LogP contribution in [-0.4, -0.2) is 58.1 Å². The minimum atomic E-state index is 0.281. The summed E-state index contributed by atoms with van der Waals surface area (Å²) < 4.78 is 17.0. The van der Waals surface area contributed by atoms with Gasteiger partial charge in [0.2, 0.25) is 0 Å². The first-order valence-corrected chi connectivity index (χ1v) is 10.1. The van der Waals surface area contributed by atoms with Gasteiger partial charge in [0.25, 0.3) is 0 Å². The molecule has 1 fully saturated rings. The highest BCUT2D eigenvalue weighted by atomic mass is 16.5. The topological polar surface area (TPSA) is 64.1 Å². The molecule has 1 aromatic carbocycles. The van der Waals surface area contributed by atoms with Gasteiger partial charge in [0.05, 0.1) is 32.5 Å². The maximum atomic E-state index is 5.79. The standard InChI is InChI=1S/C21H35N3O3/c1-3-22-21(23-11-13-25-17-20-10-7-12-27-20)24-14-18(2)15-26-16-19-8-5-4-6-9-19/h4-6,8-9,18,20H,3,7,10-17H2,1-2H3,(H2,22,23,24). The summed E-state index contributed by atoms with van der Waals surface area (Å²) in [4.78, 5) is 4.65. The van der Waals surface area contributed by atoms with Gasteiger partial charge in [-0.2, -0.15) is 0 Å². The number of guanidine groups is 1. The number of rotatable bonds is 12. The van der Waals surface area contributed by atoms with Crippen molar-refractivity contribution in [1.82, 2.24) is 10.6 Å². The SMILES string of the molecule is CCNC(=NCC(C)COCc1ccccc1)NCCOCC1CCCO1. The van der Waals surface area contributed by atoms with Crippen molar-refractivity contribution in [2.75, 3.05) is 46.1 Å². The average Bonchev–Trinajstić information content (AvgIpc) is 3.20. The van der Waals surface area contributed by atoms with Gasteiger partial charge in [0.1, 0.15) is 0 Å². The molecule has 0 aromatic heterocycles. The van der Waals surface area contributed by atoms with Gasteiger partial charge >= 0.3 is 0 Å². The smallest absolute Gasteiger partial charge is 0.191 e. The Kier molecular flexibility index (Phi) is 10.9. The van der Waals surface area contributed by atoms with Gasteiger partial charge in [-0.1, -0.05) is 37.3 Å². The molecule has 1 aliphatic heterocycles. The Labute approximate surface area is 163 Å². The van der Waals surface area contributed by atoms with Crippen LogP contribution in [0, 0.1) is 5.92 Å². The van der Waals surface area contributed by atoms with E-state index in [9.17, 15) is 0 Å². The Hall–Kier alpha value is -1.63. The average molecular weight is 378 g/mol. The Morgan fingerprint density at radius 2 is 2.11 bits per heavy atom. The zero-order valence-corrected chi connectivity index (χ0v) is 16.8. The number of hydrogen-bond donors (Lipinski definition) is 2. The highest BCUT2D eigenvalue weighted by molar-refractivity contribution is 5.79. The third kappa shape index (κ3) is 9.75. The van der Waals surface area contributed by atoms with Crippen LogP contribution in [0.4, 0.5) is 0 Å².